The van der Waals surface area contributed by atoms with Crippen molar-refractivity contribution in [1.29, 1.82) is 0 Å². The molecule has 5 N–H and O–H groups in total. The molecule has 0 aromatic heterocycles. The Morgan fingerprint density at radius 2 is 1.03 bits per heavy atom. The Morgan fingerprint density at radius 3 is 1.33 bits per heavy atom. The largest absolute Gasteiger partial charge is 0.375 e. The van der Waals surface area contributed by atoms with Gasteiger partial charge in [0, 0.05) is 0 Å². The Balaban J connectivity index is 5.13. The number of aliphatic hydroxyl groups is 1. The predicted octanol–water partition coefficient (Wildman–Crippen LogP) is -1.13. The molecule has 3 amide bonds. The quantitative estimate of drug-likeness (QED) is 0.0606. The maximum Gasteiger partial charge on any atom is 0.245 e. The molecule has 0 saturated heterocycles. The molecule has 186 valence electrons. The molecule has 0 aliphatic heterocycles. The van der Waals surface area contributed by atoms with Crippen molar-refractivity contribution in [3.05, 3.63) is 50.6 Å². The van der Waals surface area contributed by atoms with Gasteiger partial charge in [0.2, 0.25) is 17.7 Å². The van der Waals surface area contributed by atoms with Crippen LogP contribution in [0.3, 0.4) is 0 Å². The van der Waals surface area contributed by atoms with Gasteiger partial charge in [0.05, 0.1) is 38.6 Å². The van der Waals surface area contributed by atoms with Crippen LogP contribution in [0.25, 0.3) is 0 Å². The average molecular weight is 471 g/mol. The number of nitrogens with one attached hydrogen (secondary N) is 4. The van der Waals surface area contributed by atoms with Crippen molar-refractivity contribution in [3.63, 3.8) is 0 Å². The van der Waals surface area contributed by atoms with Crippen molar-refractivity contribution < 1.29 is 38.4 Å². The molecule has 0 aromatic rings. The van der Waals surface area contributed by atoms with Gasteiger partial charge in [0.1, 0.15) is 26.4 Å². The third kappa shape index (κ3) is 15.6. The molecule has 0 aliphatic rings. The Morgan fingerprint density at radius 1 is 0.697 bits per heavy atom. The van der Waals surface area contributed by atoms with E-state index in [2.05, 4.69) is 47.6 Å². The Hall–Kier alpha value is -2.87. The van der Waals surface area contributed by atoms with E-state index < -0.39 is 29.4 Å². The number of hydrogen-bond acceptors (Lipinski definition) is 9. The summed E-state index contributed by atoms with van der Waals surface area (Å²) in [6.07, 6.45) is 3.65. The molecule has 1 atom stereocenters. The van der Waals surface area contributed by atoms with Gasteiger partial charge in [-0.05, 0) is 24.3 Å². The highest BCUT2D eigenvalue weighted by Gasteiger charge is 2.33. The van der Waals surface area contributed by atoms with Gasteiger partial charge < -0.3 is 40.0 Å². The number of amides is 3. The number of ether oxygens (including phenoxy) is 4. The zero-order valence-corrected chi connectivity index (χ0v) is 18.7. The molecule has 0 aromatic carbocycles. The second kappa shape index (κ2) is 18.7. The van der Waals surface area contributed by atoms with Crippen molar-refractivity contribution in [2.45, 2.75) is 6.23 Å². The van der Waals surface area contributed by atoms with E-state index in [9.17, 15) is 19.5 Å². The third-order valence-corrected chi connectivity index (χ3v) is 3.85. The Labute approximate surface area is 193 Å². The van der Waals surface area contributed by atoms with Gasteiger partial charge in [-0.3, -0.25) is 19.7 Å². The number of rotatable bonds is 21. The number of aliphatic hydroxyl groups excluding tert-OH is 1. The van der Waals surface area contributed by atoms with E-state index in [1.165, 1.54) is 6.08 Å². The van der Waals surface area contributed by atoms with Gasteiger partial charge in [0.25, 0.3) is 0 Å². The van der Waals surface area contributed by atoms with Gasteiger partial charge in [-0.15, -0.1) is 0 Å². The lowest BCUT2D eigenvalue weighted by atomic mass is 9.92. The first-order valence-corrected chi connectivity index (χ1v) is 9.88. The van der Waals surface area contributed by atoms with Gasteiger partial charge >= 0.3 is 0 Å². The van der Waals surface area contributed by atoms with Crippen molar-refractivity contribution in [2.75, 3.05) is 53.4 Å². The summed E-state index contributed by atoms with van der Waals surface area (Å²) >= 11 is 0. The minimum atomic E-state index is -0.958. The van der Waals surface area contributed by atoms with E-state index in [0.717, 1.165) is 18.2 Å². The van der Waals surface area contributed by atoms with Crippen LogP contribution >= 0.6 is 0 Å². The van der Waals surface area contributed by atoms with Crippen LogP contribution in [-0.4, -0.2) is 82.4 Å². The molecule has 0 radical (unpaired) electrons. The summed E-state index contributed by atoms with van der Waals surface area (Å²) in [5.74, 6) is -1.23. The molecule has 0 rings (SSSR count). The molecule has 1 unspecified atom stereocenters. The topological polar surface area (TPSA) is 156 Å². The fourth-order valence-electron chi connectivity index (χ4n) is 2.13. The number of hydrogen-bond donors (Lipinski definition) is 5. The summed E-state index contributed by atoms with van der Waals surface area (Å²) in [6, 6.07) is 0. The van der Waals surface area contributed by atoms with Crippen LogP contribution in [0.4, 0.5) is 0 Å². The van der Waals surface area contributed by atoms with Crippen LogP contribution in [0, 0.1) is 5.41 Å². The second-order valence-electron chi connectivity index (χ2n) is 6.59. The molecule has 0 aliphatic carbocycles. The summed E-state index contributed by atoms with van der Waals surface area (Å²) in [7, 11) is 0. The van der Waals surface area contributed by atoms with Crippen molar-refractivity contribution >= 4 is 17.7 Å². The normalized spacial score (nSPS) is 11.7. The van der Waals surface area contributed by atoms with E-state index in [-0.39, 0.29) is 53.4 Å². The maximum absolute atomic E-state index is 11.3. The van der Waals surface area contributed by atoms with Gasteiger partial charge in [-0.1, -0.05) is 26.3 Å². The van der Waals surface area contributed by atoms with Crippen LogP contribution in [0.2, 0.25) is 0 Å². The van der Waals surface area contributed by atoms with Crippen LogP contribution in [0.1, 0.15) is 0 Å². The van der Waals surface area contributed by atoms with Gasteiger partial charge in [0.15, 0.2) is 0 Å². The zero-order chi connectivity index (χ0) is 25.0. The molecule has 0 spiro atoms. The fourth-order valence-corrected chi connectivity index (χ4v) is 2.13. The highest BCUT2D eigenvalue weighted by molar-refractivity contribution is 5.87. The number of carbonyl (C=O) groups is 3. The van der Waals surface area contributed by atoms with Crippen molar-refractivity contribution in [1.82, 2.24) is 21.3 Å². The molecular weight excluding hydrogens is 436 g/mol. The summed E-state index contributed by atoms with van der Waals surface area (Å²) < 4.78 is 22.3. The fraction of sp³-hybridized carbons (Fsp3) is 0.476. The van der Waals surface area contributed by atoms with Crippen molar-refractivity contribution in [2.24, 2.45) is 5.41 Å². The molecule has 0 heterocycles. The minimum Gasteiger partial charge on any atom is -0.375 e. The Bertz CT molecular complexity index is 587. The summed E-state index contributed by atoms with van der Waals surface area (Å²) in [6.45, 7) is 13.2. The molecule has 12 heteroatoms. The molecule has 0 fully saturated rings. The van der Waals surface area contributed by atoms with Crippen LogP contribution in [0.5, 0.6) is 0 Å². The Kier molecular flexibility index (Phi) is 17.1. The van der Waals surface area contributed by atoms with Crippen molar-refractivity contribution in [3.8, 4) is 0 Å². The van der Waals surface area contributed by atoms with E-state index in [1.54, 1.807) is 0 Å². The summed E-state index contributed by atoms with van der Waals surface area (Å²) in [5.41, 5.74) is -0.919. The van der Waals surface area contributed by atoms with E-state index >= 15 is 0 Å². The molecule has 33 heavy (non-hydrogen) atoms. The summed E-state index contributed by atoms with van der Waals surface area (Å²) in [4.78, 5) is 34.0. The molecular formula is C21H34N4O8. The SMILES string of the molecule is C=CC(=O)NCOCC(COCNC(=O)C=C)(COCNC(=O)C=C)COCNC(O)C=C. The molecule has 0 saturated carbocycles. The standard InChI is InChI=1S/C21H34N4O8/c1-5-17(26)22-13-30-9-21(10-31-14-23-18(27)6-2,11-32-15-24-19(28)7-3)12-33-16-25-20(29)8-4/h5-8,17,22,26H,1-4,9-16H2,(H,23,27)(H,24,28)(H,25,29). The van der Waals surface area contributed by atoms with Gasteiger partial charge in [-0.2, -0.15) is 0 Å². The minimum absolute atomic E-state index is 0.0131. The van der Waals surface area contributed by atoms with Gasteiger partial charge in [-0.25, -0.2) is 0 Å². The molecule has 12 nitrogen and oxygen atoms in total. The lowest BCUT2D eigenvalue weighted by molar-refractivity contribution is -0.129. The van der Waals surface area contributed by atoms with E-state index in [4.69, 9.17) is 18.9 Å². The predicted molar refractivity (Wildman–Crippen MR) is 120 cm³/mol. The first kappa shape index (κ1) is 30.1. The van der Waals surface area contributed by atoms with Crippen LogP contribution < -0.4 is 21.3 Å². The maximum atomic E-state index is 11.3. The van der Waals surface area contributed by atoms with E-state index in [1.807, 2.05) is 0 Å². The lowest BCUT2D eigenvalue weighted by Gasteiger charge is -2.33. The second-order valence-corrected chi connectivity index (χ2v) is 6.59. The highest BCUT2D eigenvalue weighted by Crippen LogP contribution is 2.20. The van der Waals surface area contributed by atoms with Crippen LogP contribution in [-0.2, 0) is 33.3 Å². The summed E-state index contributed by atoms with van der Waals surface area (Å²) in [5, 5.41) is 19.6. The van der Waals surface area contributed by atoms with Crippen LogP contribution in [0.15, 0.2) is 50.6 Å². The lowest BCUT2D eigenvalue weighted by Crippen LogP contribution is -2.45. The molecule has 0 bridgehead atoms. The van der Waals surface area contributed by atoms with E-state index in [0.29, 0.717) is 0 Å². The smallest absolute Gasteiger partial charge is 0.245 e. The first-order chi connectivity index (χ1) is 15.8. The average Bonchev–Trinajstić information content (AvgIpc) is 2.83. The highest BCUT2D eigenvalue weighted by atomic mass is 16.5. The number of carbonyl (C=O) groups excluding carboxylic acids is 3. The monoisotopic (exact) mass is 470 g/mol. The first-order valence-electron chi connectivity index (χ1n) is 9.88. The zero-order valence-electron chi connectivity index (χ0n) is 18.7. The third-order valence-electron chi connectivity index (χ3n) is 3.85.